The monoisotopic (exact) mass is 1020 g/mol. The molecule has 0 radical (unpaired) electrons. The van der Waals surface area contributed by atoms with E-state index in [4.69, 9.17) is 14.2 Å². The molecule has 0 amide bonds. The average molecular weight is 1030 g/mol. The largest absolute Gasteiger partial charge is 0.462 e. The molecule has 0 rings (SSSR count). The first-order valence-corrected chi connectivity index (χ1v) is 28.6. The van der Waals surface area contributed by atoms with Crippen molar-refractivity contribution in [3.05, 3.63) is 207 Å². The molecular weight excluding hydrogens is 925 g/mol. The van der Waals surface area contributed by atoms with Crippen LogP contribution >= 0.6 is 0 Å². The first-order chi connectivity index (χ1) is 37.0. The second-order valence-corrected chi connectivity index (χ2v) is 17.7. The van der Waals surface area contributed by atoms with Crippen LogP contribution in [0.1, 0.15) is 188 Å². The number of unbranched alkanes of at least 4 members (excludes halogenated alkanes) is 3. The van der Waals surface area contributed by atoms with Crippen LogP contribution < -0.4 is 0 Å². The number of carbonyl (C=O) groups is 3. The number of hydrogen-bond donors (Lipinski definition) is 0. The van der Waals surface area contributed by atoms with E-state index in [1.54, 1.807) is 0 Å². The summed E-state index contributed by atoms with van der Waals surface area (Å²) in [4.78, 5) is 38.1. The number of ether oxygens (including phenoxy) is 3. The number of carbonyl (C=O) groups excluding carboxylic acids is 3. The molecule has 0 aliphatic heterocycles. The maximum absolute atomic E-state index is 12.8. The molecule has 0 fully saturated rings. The summed E-state index contributed by atoms with van der Waals surface area (Å²) in [6, 6.07) is 0. The molecule has 0 aliphatic rings. The lowest BCUT2D eigenvalue weighted by Gasteiger charge is -2.18. The summed E-state index contributed by atoms with van der Waals surface area (Å²) in [5.74, 6) is -1.25. The van der Waals surface area contributed by atoms with Crippen LogP contribution in [0, 0.1) is 0 Å². The van der Waals surface area contributed by atoms with Gasteiger partial charge in [0.2, 0.25) is 0 Å². The Morgan fingerprint density at radius 1 is 0.280 bits per heavy atom. The van der Waals surface area contributed by atoms with Gasteiger partial charge in [0.15, 0.2) is 6.10 Å². The van der Waals surface area contributed by atoms with Gasteiger partial charge in [-0.1, -0.05) is 240 Å². The van der Waals surface area contributed by atoms with Crippen LogP contribution in [0.15, 0.2) is 207 Å². The van der Waals surface area contributed by atoms with E-state index in [0.717, 1.165) is 103 Å². The Hall–Kier alpha value is -6.01. The van der Waals surface area contributed by atoms with Crippen molar-refractivity contribution in [3.63, 3.8) is 0 Å². The highest BCUT2D eigenvalue weighted by molar-refractivity contribution is 5.71. The fourth-order valence-corrected chi connectivity index (χ4v) is 6.59. The third kappa shape index (κ3) is 58.7. The second kappa shape index (κ2) is 60.5. The van der Waals surface area contributed by atoms with E-state index < -0.39 is 24.0 Å². The van der Waals surface area contributed by atoms with Crippen molar-refractivity contribution < 1.29 is 28.6 Å². The summed E-state index contributed by atoms with van der Waals surface area (Å²) in [5, 5.41) is 0. The van der Waals surface area contributed by atoms with Crippen molar-refractivity contribution in [2.24, 2.45) is 0 Å². The van der Waals surface area contributed by atoms with Gasteiger partial charge in [-0.15, -0.1) is 0 Å². The van der Waals surface area contributed by atoms with Gasteiger partial charge in [0.25, 0.3) is 0 Å². The summed E-state index contributed by atoms with van der Waals surface area (Å²) in [7, 11) is 0. The van der Waals surface area contributed by atoms with Crippen LogP contribution in [0.5, 0.6) is 0 Å². The Morgan fingerprint density at radius 2 is 0.507 bits per heavy atom. The van der Waals surface area contributed by atoms with Gasteiger partial charge in [-0.2, -0.15) is 0 Å². The van der Waals surface area contributed by atoms with E-state index in [2.05, 4.69) is 191 Å². The van der Waals surface area contributed by atoms with Gasteiger partial charge >= 0.3 is 17.9 Å². The summed E-state index contributed by atoms with van der Waals surface area (Å²) in [6.07, 6.45) is 94.2. The molecule has 6 heteroatoms. The van der Waals surface area contributed by atoms with Crippen molar-refractivity contribution >= 4 is 17.9 Å². The minimum atomic E-state index is -0.894. The molecular formula is C69H100O6. The van der Waals surface area contributed by atoms with Crippen LogP contribution in [0.2, 0.25) is 0 Å². The third-order valence-corrected chi connectivity index (χ3v) is 10.8. The highest BCUT2D eigenvalue weighted by Crippen LogP contribution is 2.08. The lowest BCUT2D eigenvalue weighted by molar-refractivity contribution is -0.166. The van der Waals surface area contributed by atoms with Gasteiger partial charge in [0, 0.05) is 19.3 Å². The molecule has 0 aromatic heterocycles. The first kappa shape index (κ1) is 69.0. The zero-order valence-electron chi connectivity index (χ0n) is 47.0. The lowest BCUT2D eigenvalue weighted by atomic mass is 10.2. The van der Waals surface area contributed by atoms with Gasteiger partial charge in [-0.05, 0) is 135 Å². The van der Waals surface area contributed by atoms with E-state index in [0.29, 0.717) is 19.3 Å². The minimum Gasteiger partial charge on any atom is -0.462 e. The molecule has 412 valence electrons. The summed E-state index contributed by atoms with van der Waals surface area (Å²) >= 11 is 0. The van der Waals surface area contributed by atoms with Crippen LogP contribution in [0.25, 0.3) is 0 Å². The van der Waals surface area contributed by atoms with Crippen molar-refractivity contribution in [1.29, 1.82) is 0 Å². The Kier molecular flexibility index (Phi) is 55.7. The van der Waals surface area contributed by atoms with E-state index >= 15 is 0 Å². The van der Waals surface area contributed by atoms with E-state index in [1.807, 2.05) is 36.5 Å². The van der Waals surface area contributed by atoms with Crippen LogP contribution in [-0.4, -0.2) is 37.2 Å². The molecule has 6 nitrogen and oxygen atoms in total. The molecule has 0 N–H and O–H groups in total. The highest BCUT2D eigenvalue weighted by Gasteiger charge is 2.19. The number of rotatable bonds is 48. The predicted octanol–water partition coefficient (Wildman–Crippen LogP) is 19.6. The minimum absolute atomic E-state index is 0.160. The number of hydrogen-bond acceptors (Lipinski definition) is 6. The smallest absolute Gasteiger partial charge is 0.306 e. The van der Waals surface area contributed by atoms with Crippen LogP contribution in [0.4, 0.5) is 0 Å². The van der Waals surface area contributed by atoms with Gasteiger partial charge in [-0.25, -0.2) is 0 Å². The maximum atomic E-state index is 12.8. The van der Waals surface area contributed by atoms with Gasteiger partial charge < -0.3 is 14.2 Å². The Labute approximate surface area is 458 Å². The second-order valence-electron chi connectivity index (χ2n) is 17.7. The Bertz CT molecular complexity index is 1900. The molecule has 0 unspecified atom stereocenters. The fraction of sp³-hybridized carbons (Fsp3) is 0.464. The van der Waals surface area contributed by atoms with E-state index in [9.17, 15) is 14.4 Å². The Balaban J connectivity index is 4.78. The SMILES string of the molecule is CC/C=C\C/C=C\C/C=C\C/C=C\C/C=C\C/C=C\CCC(=O)OC[C@H](COC(=O)CC/C=C\C/C=C\C/C=C\C/C=C\C/C=C\CCCCC)OC(=O)CC/C=C\C/C=C\C/C=C\C/C=C\C/C=C\C/C=C\CC. The molecule has 0 heterocycles. The normalized spacial score (nSPS) is 13.7. The van der Waals surface area contributed by atoms with Gasteiger partial charge in [0.1, 0.15) is 13.2 Å². The standard InChI is InChI=1S/C69H100O6/c1-4-7-10-13-16-19-22-25-28-31-34-37-40-43-46-49-52-55-58-61-67(70)73-64-66(75-69(72)63-60-57-54-51-48-45-42-39-36-33-30-27-24-21-18-15-12-9-6-3)65-74-68(71)62-59-56-53-50-47-44-41-38-35-32-29-26-23-20-17-14-11-8-5-2/h7,9-10,12,16-21,25-30,34-39,43-48,52-57,66H,4-6,8,11,13-15,22-24,31-33,40-42,49-51,58-65H2,1-3H3/b10-7-,12-9-,19-16-,20-17-,21-18-,28-25-,29-26-,30-27-,37-34-,38-35-,39-36-,46-43-,47-44-,48-45-,55-52-,56-53-,57-54-/t66-/m1/s1. The van der Waals surface area contributed by atoms with Crippen molar-refractivity contribution in [3.8, 4) is 0 Å². The van der Waals surface area contributed by atoms with Gasteiger partial charge in [0.05, 0.1) is 0 Å². The van der Waals surface area contributed by atoms with Crippen LogP contribution in [0.3, 0.4) is 0 Å². The molecule has 0 saturated carbocycles. The highest BCUT2D eigenvalue weighted by atomic mass is 16.6. The Morgan fingerprint density at radius 3 is 0.760 bits per heavy atom. The average Bonchev–Trinajstić information content (AvgIpc) is 3.41. The molecule has 75 heavy (non-hydrogen) atoms. The molecule has 0 spiro atoms. The molecule has 0 saturated heterocycles. The molecule has 1 atom stereocenters. The third-order valence-electron chi connectivity index (χ3n) is 10.8. The van der Waals surface area contributed by atoms with Crippen molar-refractivity contribution in [1.82, 2.24) is 0 Å². The number of allylic oxidation sites excluding steroid dienone is 34. The maximum Gasteiger partial charge on any atom is 0.306 e. The summed E-state index contributed by atoms with van der Waals surface area (Å²) in [6.45, 7) is 6.16. The topological polar surface area (TPSA) is 78.9 Å². The van der Waals surface area contributed by atoms with Crippen LogP contribution in [-0.2, 0) is 28.6 Å². The van der Waals surface area contributed by atoms with Crippen molar-refractivity contribution in [2.45, 2.75) is 194 Å². The first-order valence-electron chi connectivity index (χ1n) is 28.6. The summed E-state index contributed by atoms with van der Waals surface area (Å²) in [5.41, 5.74) is 0. The molecule has 0 bridgehead atoms. The zero-order valence-corrected chi connectivity index (χ0v) is 47.0. The molecule has 0 aromatic carbocycles. The molecule has 0 aromatic rings. The fourth-order valence-electron chi connectivity index (χ4n) is 6.59. The summed E-state index contributed by atoms with van der Waals surface area (Å²) < 4.78 is 16.6. The van der Waals surface area contributed by atoms with Gasteiger partial charge in [-0.3, -0.25) is 14.4 Å². The van der Waals surface area contributed by atoms with E-state index in [-0.39, 0.29) is 32.5 Å². The lowest BCUT2D eigenvalue weighted by Crippen LogP contribution is -2.30. The molecule has 0 aliphatic carbocycles. The number of esters is 3. The quantitative estimate of drug-likeness (QED) is 0.0261. The predicted molar refractivity (Wildman–Crippen MR) is 324 cm³/mol. The van der Waals surface area contributed by atoms with Crippen molar-refractivity contribution in [2.75, 3.05) is 13.2 Å². The van der Waals surface area contributed by atoms with E-state index in [1.165, 1.54) is 25.7 Å². The zero-order chi connectivity index (χ0) is 54.3.